The van der Waals surface area contributed by atoms with Gasteiger partial charge in [0.2, 0.25) is 11.9 Å². The largest absolute Gasteiger partial charge is 0.352 e. The molecule has 4 heterocycles. The van der Waals surface area contributed by atoms with E-state index in [2.05, 4.69) is 41.4 Å². The molecule has 11 heteroatoms. The molecule has 3 aromatic rings. The third kappa shape index (κ3) is 5.15. The zero-order valence-corrected chi connectivity index (χ0v) is 24.2. The predicted molar refractivity (Wildman–Crippen MR) is 159 cm³/mol. The molecule has 214 valence electrons. The molecule has 5 rings (SSSR count). The molecule has 11 nitrogen and oxygen atoms in total. The van der Waals surface area contributed by atoms with Crippen molar-refractivity contribution in [2.45, 2.75) is 46.2 Å². The summed E-state index contributed by atoms with van der Waals surface area (Å²) in [6.45, 7) is 16.7. The van der Waals surface area contributed by atoms with E-state index in [4.69, 9.17) is 9.97 Å². The van der Waals surface area contributed by atoms with E-state index in [1.54, 1.807) is 11.1 Å². The molecule has 2 aliphatic heterocycles. The van der Waals surface area contributed by atoms with Crippen molar-refractivity contribution < 1.29 is 4.79 Å². The first kappa shape index (κ1) is 28.2. The number of amides is 1. The summed E-state index contributed by atoms with van der Waals surface area (Å²) >= 11 is 0. The fraction of sp³-hybridized carbons (Fsp3) is 0.467. The molecule has 2 aromatic heterocycles. The maximum absolute atomic E-state index is 14.0. The molecular weight excluding hydrogens is 518 g/mol. The first-order valence-electron chi connectivity index (χ1n) is 14.2. The Balaban J connectivity index is 1.60. The maximum atomic E-state index is 14.0. The summed E-state index contributed by atoms with van der Waals surface area (Å²) < 4.78 is 1.42. The number of piperazine rings is 1. The number of likely N-dealkylation sites (N-methyl/N-ethyl adjacent to an activating group) is 1. The highest BCUT2D eigenvalue weighted by Crippen LogP contribution is 2.30. The van der Waals surface area contributed by atoms with E-state index in [0.717, 1.165) is 43.0 Å². The second-order valence-electron chi connectivity index (χ2n) is 10.7. The van der Waals surface area contributed by atoms with Crippen molar-refractivity contribution in [2.75, 3.05) is 55.6 Å². The van der Waals surface area contributed by atoms with Gasteiger partial charge >= 0.3 is 0 Å². The summed E-state index contributed by atoms with van der Waals surface area (Å²) in [4.78, 5) is 44.5. The number of fused-ring (bicyclic) bond motifs is 1. The van der Waals surface area contributed by atoms with Crippen molar-refractivity contribution in [3.05, 3.63) is 58.5 Å². The van der Waals surface area contributed by atoms with Gasteiger partial charge in [-0.3, -0.25) is 14.5 Å². The lowest BCUT2D eigenvalue weighted by atomic mass is 10.1. The van der Waals surface area contributed by atoms with E-state index >= 15 is 0 Å². The van der Waals surface area contributed by atoms with Gasteiger partial charge in [0, 0.05) is 38.8 Å². The highest BCUT2D eigenvalue weighted by Gasteiger charge is 2.35. The van der Waals surface area contributed by atoms with Gasteiger partial charge in [0.15, 0.2) is 0 Å². The number of carbonyl (C=O) groups is 1. The average Bonchev–Trinajstić information content (AvgIpc) is 2.96. The summed E-state index contributed by atoms with van der Waals surface area (Å²) in [6, 6.07) is 8.10. The van der Waals surface area contributed by atoms with Crippen molar-refractivity contribution in [3.63, 3.8) is 0 Å². The van der Waals surface area contributed by atoms with Crippen LogP contribution in [0.4, 0.5) is 11.8 Å². The molecular formula is C30H37N9O2. The van der Waals surface area contributed by atoms with Gasteiger partial charge in [-0.1, -0.05) is 32.6 Å². The molecule has 41 heavy (non-hydrogen) atoms. The van der Waals surface area contributed by atoms with Crippen molar-refractivity contribution >= 4 is 28.6 Å². The van der Waals surface area contributed by atoms with Crippen LogP contribution < -0.4 is 15.4 Å². The SMILES string of the molecule is C=CC(=O)N1CCN(c2nc(N3CC(N(CC)CC)C3)nc3c(=O)n(-c4cccc(C)c4C)ncc23)CC1CC#N. The van der Waals surface area contributed by atoms with Gasteiger partial charge in [-0.15, -0.1) is 0 Å². The number of nitrogens with zero attached hydrogens (tertiary/aromatic N) is 9. The number of nitriles is 1. The minimum Gasteiger partial charge on any atom is -0.352 e. The average molecular weight is 556 g/mol. The lowest BCUT2D eigenvalue weighted by molar-refractivity contribution is -0.128. The Morgan fingerprint density at radius 1 is 1.15 bits per heavy atom. The molecule has 1 aromatic carbocycles. The van der Waals surface area contributed by atoms with Crippen LogP contribution >= 0.6 is 0 Å². The van der Waals surface area contributed by atoms with Crippen LogP contribution in [0, 0.1) is 25.2 Å². The monoisotopic (exact) mass is 555 g/mol. The predicted octanol–water partition coefficient (Wildman–Crippen LogP) is 2.44. The molecule has 0 N–H and O–H groups in total. The maximum Gasteiger partial charge on any atom is 0.298 e. The number of aryl methyl sites for hydroxylation is 1. The fourth-order valence-electron chi connectivity index (χ4n) is 5.84. The lowest BCUT2D eigenvalue weighted by Gasteiger charge is -2.45. The highest BCUT2D eigenvalue weighted by atomic mass is 16.2. The Morgan fingerprint density at radius 2 is 1.90 bits per heavy atom. The molecule has 0 radical (unpaired) electrons. The van der Waals surface area contributed by atoms with Gasteiger partial charge in [-0.05, 0) is 50.2 Å². The number of hydrogen-bond donors (Lipinski definition) is 0. The first-order valence-corrected chi connectivity index (χ1v) is 14.2. The number of carbonyl (C=O) groups excluding carboxylic acids is 1. The number of anilines is 2. The lowest BCUT2D eigenvalue weighted by Crippen LogP contribution is -2.60. The summed E-state index contributed by atoms with van der Waals surface area (Å²) in [5, 5.41) is 14.6. The summed E-state index contributed by atoms with van der Waals surface area (Å²) in [7, 11) is 0. The third-order valence-corrected chi connectivity index (χ3v) is 8.46. The Morgan fingerprint density at radius 3 is 2.59 bits per heavy atom. The van der Waals surface area contributed by atoms with Gasteiger partial charge in [-0.25, -0.2) is 4.98 Å². The number of rotatable bonds is 8. The van der Waals surface area contributed by atoms with Crippen LogP contribution in [0.15, 0.2) is 41.8 Å². The van der Waals surface area contributed by atoms with Crippen LogP contribution in [-0.4, -0.2) is 93.4 Å². The topological polar surface area (TPSA) is 114 Å². The zero-order chi connectivity index (χ0) is 29.3. The van der Waals surface area contributed by atoms with Gasteiger partial charge in [0.05, 0.1) is 35.8 Å². The van der Waals surface area contributed by atoms with E-state index in [9.17, 15) is 14.9 Å². The molecule has 0 spiro atoms. The quantitative estimate of drug-likeness (QED) is 0.387. The second kappa shape index (κ2) is 11.7. The van der Waals surface area contributed by atoms with Gasteiger partial charge in [0.1, 0.15) is 11.3 Å². The van der Waals surface area contributed by atoms with Crippen LogP contribution in [0.25, 0.3) is 16.6 Å². The Hall–Kier alpha value is -4.30. The summed E-state index contributed by atoms with van der Waals surface area (Å²) in [5.41, 5.74) is 2.75. The molecule has 1 unspecified atom stereocenters. The summed E-state index contributed by atoms with van der Waals surface area (Å²) in [5.74, 6) is 0.912. The fourth-order valence-corrected chi connectivity index (χ4v) is 5.84. The second-order valence-corrected chi connectivity index (χ2v) is 10.7. The molecule has 1 amide bonds. The zero-order valence-electron chi connectivity index (χ0n) is 24.2. The Kier molecular flexibility index (Phi) is 8.03. The normalized spacial score (nSPS) is 17.6. The van der Waals surface area contributed by atoms with Gasteiger partial charge < -0.3 is 14.7 Å². The smallest absolute Gasteiger partial charge is 0.298 e. The number of aromatic nitrogens is 4. The third-order valence-electron chi connectivity index (χ3n) is 8.46. The standard InChI is InChI=1S/C30H37N9O2/c1-6-26(40)38-15-14-36(17-22(38)12-13-31)28-24-16-32-39(25-11-9-10-20(4)21(25)5)29(41)27(24)33-30(34-28)37-18-23(19-37)35(7-2)8-3/h6,9-11,16,22-23H,1,7-8,12,14-15,17-19H2,2-5H3. The molecule has 0 aliphatic carbocycles. The van der Waals surface area contributed by atoms with Gasteiger partial charge in [-0.2, -0.15) is 20.0 Å². The van der Waals surface area contributed by atoms with E-state index in [1.807, 2.05) is 36.9 Å². The number of hydrogen-bond acceptors (Lipinski definition) is 9. The highest BCUT2D eigenvalue weighted by molar-refractivity contribution is 5.90. The van der Waals surface area contributed by atoms with Crippen molar-refractivity contribution in [1.29, 1.82) is 5.26 Å². The molecule has 0 bridgehead atoms. The van der Waals surface area contributed by atoms with E-state index in [1.165, 1.54) is 10.8 Å². The number of benzene rings is 1. The molecule has 2 saturated heterocycles. The van der Waals surface area contributed by atoms with Crippen LogP contribution in [0.5, 0.6) is 0 Å². The molecule has 2 aliphatic rings. The van der Waals surface area contributed by atoms with Crippen LogP contribution in [0.3, 0.4) is 0 Å². The van der Waals surface area contributed by atoms with Crippen LogP contribution in [0.1, 0.15) is 31.4 Å². The summed E-state index contributed by atoms with van der Waals surface area (Å²) in [6.07, 6.45) is 3.13. The van der Waals surface area contributed by atoms with Crippen molar-refractivity contribution in [2.24, 2.45) is 0 Å². The molecule has 2 fully saturated rings. The Bertz CT molecular complexity index is 1570. The molecule has 1 atom stereocenters. The van der Waals surface area contributed by atoms with Crippen LogP contribution in [-0.2, 0) is 4.79 Å². The van der Waals surface area contributed by atoms with E-state index in [0.29, 0.717) is 48.3 Å². The first-order chi connectivity index (χ1) is 19.8. The Labute approximate surface area is 240 Å². The van der Waals surface area contributed by atoms with Gasteiger partial charge in [0.25, 0.3) is 5.56 Å². The van der Waals surface area contributed by atoms with Crippen molar-refractivity contribution in [3.8, 4) is 11.8 Å². The minimum atomic E-state index is -0.327. The minimum absolute atomic E-state index is 0.182. The van der Waals surface area contributed by atoms with Crippen LogP contribution in [0.2, 0.25) is 0 Å². The molecule has 0 saturated carbocycles. The van der Waals surface area contributed by atoms with E-state index < -0.39 is 0 Å². The van der Waals surface area contributed by atoms with E-state index in [-0.39, 0.29) is 23.9 Å². The van der Waals surface area contributed by atoms with Crippen molar-refractivity contribution in [1.82, 2.24) is 29.5 Å².